The van der Waals surface area contributed by atoms with Crippen molar-refractivity contribution >= 4 is 28.8 Å². The summed E-state index contributed by atoms with van der Waals surface area (Å²) >= 11 is 3.57. The molecule has 1 aromatic carbocycles. The normalized spacial score (nSPS) is 16.0. The van der Waals surface area contributed by atoms with Gasteiger partial charge in [0.25, 0.3) is 0 Å². The Morgan fingerprint density at radius 1 is 1.10 bits per heavy atom. The number of rotatable bonds is 8. The van der Waals surface area contributed by atoms with Crippen molar-refractivity contribution < 1.29 is 0 Å². The van der Waals surface area contributed by atoms with Crippen molar-refractivity contribution in [2.45, 2.75) is 56.6 Å². The number of thiophene rings is 1. The average Bonchev–Trinajstić information content (AvgIpc) is 3.44. The molecular formula is C24H32N4S2. The van der Waals surface area contributed by atoms with Crippen LogP contribution in [0.25, 0.3) is 11.4 Å². The number of aryl methyl sites for hydroxylation is 1. The Balaban J connectivity index is 1.49. The monoisotopic (exact) mass is 440 g/mol. The molecule has 4 nitrogen and oxygen atoms in total. The van der Waals surface area contributed by atoms with Crippen LogP contribution in [0.5, 0.6) is 0 Å². The Hall–Kier alpha value is -1.79. The molecule has 2 aromatic heterocycles. The van der Waals surface area contributed by atoms with E-state index in [1.165, 1.54) is 48.9 Å². The van der Waals surface area contributed by atoms with E-state index in [4.69, 9.17) is 0 Å². The average molecular weight is 441 g/mol. The summed E-state index contributed by atoms with van der Waals surface area (Å²) in [5.74, 6) is 2.78. The zero-order valence-corrected chi connectivity index (χ0v) is 19.9. The summed E-state index contributed by atoms with van der Waals surface area (Å²) in [5.41, 5.74) is 3.81. The van der Waals surface area contributed by atoms with Gasteiger partial charge in [0.05, 0.1) is 0 Å². The fourth-order valence-corrected chi connectivity index (χ4v) is 6.02. The molecule has 0 aliphatic heterocycles. The molecule has 160 valence electrons. The summed E-state index contributed by atoms with van der Waals surface area (Å²) in [4.78, 5) is 2.14. The minimum absolute atomic E-state index is 0.442. The van der Waals surface area contributed by atoms with Gasteiger partial charge in [0, 0.05) is 42.5 Å². The molecule has 0 radical (unpaired) electrons. The zero-order chi connectivity index (χ0) is 20.9. The van der Waals surface area contributed by atoms with Crippen LogP contribution in [0.15, 0.2) is 46.2 Å². The van der Waals surface area contributed by atoms with Gasteiger partial charge in [-0.1, -0.05) is 43.2 Å². The van der Waals surface area contributed by atoms with Crippen LogP contribution in [-0.4, -0.2) is 34.6 Å². The molecule has 1 aliphatic rings. The third-order valence-corrected chi connectivity index (χ3v) is 7.89. The first-order valence-electron chi connectivity index (χ1n) is 11.0. The number of nitrogens with zero attached hydrogens (tertiary/aromatic N) is 4. The van der Waals surface area contributed by atoms with Gasteiger partial charge in [-0.15, -0.1) is 10.2 Å². The quantitative estimate of drug-likeness (QED) is 0.372. The molecule has 4 rings (SSSR count). The number of aromatic nitrogens is 3. The first kappa shape index (κ1) is 21.4. The van der Waals surface area contributed by atoms with Gasteiger partial charge in [0.15, 0.2) is 11.0 Å². The second-order valence-corrected chi connectivity index (χ2v) is 10.3. The van der Waals surface area contributed by atoms with E-state index >= 15 is 0 Å². The number of benzene rings is 1. The maximum absolute atomic E-state index is 4.63. The molecule has 0 N–H and O–H groups in total. The second kappa shape index (κ2) is 10.0. The highest BCUT2D eigenvalue weighted by atomic mass is 32.2. The lowest BCUT2D eigenvalue weighted by Gasteiger charge is -2.30. The Morgan fingerprint density at radius 2 is 1.87 bits per heavy atom. The Labute approximate surface area is 188 Å². The van der Waals surface area contributed by atoms with Gasteiger partial charge < -0.3 is 4.90 Å². The lowest BCUT2D eigenvalue weighted by atomic mass is 9.84. The van der Waals surface area contributed by atoms with E-state index in [1.54, 1.807) is 11.3 Å². The van der Waals surface area contributed by atoms with Crippen molar-refractivity contribution in [2.75, 3.05) is 24.7 Å². The first-order valence-corrected chi connectivity index (χ1v) is 12.9. The van der Waals surface area contributed by atoms with Crippen LogP contribution in [0.3, 0.4) is 0 Å². The molecule has 1 atom stereocenters. The van der Waals surface area contributed by atoms with E-state index in [9.17, 15) is 0 Å². The predicted molar refractivity (Wildman–Crippen MR) is 130 cm³/mol. The first-order chi connectivity index (χ1) is 14.6. The molecule has 0 bridgehead atoms. The summed E-state index contributed by atoms with van der Waals surface area (Å²) in [5, 5.41) is 14.6. The fourth-order valence-electron chi connectivity index (χ4n) is 4.38. The number of hydrogen-bond donors (Lipinski definition) is 0. The smallest absolute Gasteiger partial charge is 0.191 e. The van der Waals surface area contributed by atoms with Crippen molar-refractivity contribution in [3.63, 3.8) is 0 Å². The van der Waals surface area contributed by atoms with Crippen molar-refractivity contribution in [3.8, 4) is 11.4 Å². The molecule has 2 heterocycles. The molecule has 3 aromatic rings. The van der Waals surface area contributed by atoms with Gasteiger partial charge >= 0.3 is 0 Å². The number of thioether (sulfide) groups is 1. The zero-order valence-electron chi connectivity index (χ0n) is 18.3. The van der Waals surface area contributed by atoms with Crippen molar-refractivity contribution in [2.24, 2.45) is 5.92 Å². The van der Waals surface area contributed by atoms with E-state index in [0.29, 0.717) is 6.04 Å². The third-order valence-electron chi connectivity index (χ3n) is 6.26. The molecule has 6 heteroatoms. The number of hydrogen-bond acceptors (Lipinski definition) is 5. The van der Waals surface area contributed by atoms with E-state index in [2.05, 4.69) is 81.8 Å². The molecule has 1 saturated carbocycles. The summed E-state index contributed by atoms with van der Waals surface area (Å²) in [7, 11) is 4.16. The molecule has 30 heavy (non-hydrogen) atoms. The van der Waals surface area contributed by atoms with Crippen molar-refractivity contribution in [1.29, 1.82) is 0 Å². The maximum atomic E-state index is 4.63. The lowest BCUT2D eigenvalue weighted by molar-refractivity contribution is 0.256. The van der Waals surface area contributed by atoms with E-state index in [0.717, 1.165) is 29.1 Å². The van der Waals surface area contributed by atoms with Crippen LogP contribution in [0.4, 0.5) is 5.69 Å². The largest absolute Gasteiger partial charge is 0.378 e. The highest BCUT2D eigenvalue weighted by Crippen LogP contribution is 2.37. The standard InChI is InChI=1S/C24H32N4S2/c1-18(20-7-5-4-6-8-20)28-23(21-14-15-29-17-21)25-26-24(28)30-16-13-19-9-11-22(12-10-19)27(2)3/h9-12,14-15,17-18,20H,4-8,13,16H2,1-3H3/t18-/m1/s1. The lowest BCUT2D eigenvalue weighted by Crippen LogP contribution is -2.20. The minimum Gasteiger partial charge on any atom is -0.378 e. The molecule has 0 amide bonds. The van der Waals surface area contributed by atoms with Crippen LogP contribution in [0.2, 0.25) is 0 Å². The Kier molecular flexibility index (Phi) is 7.16. The molecular weight excluding hydrogens is 408 g/mol. The summed E-state index contributed by atoms with van der Waals surface area (Å²) in [6, 6.07) is 11.5. The van der Waals surface area contributed by atoms with Gasteiger partial charge in [0.1, 0.15) is 0 Å². The number of anilines is 1. The summed E-state index contributed by atoms with van der Waals surface area (Å²) in [6.07, 6.45) is 7.79. The molecule has 1 fully saturated rings. The highest BCUT2D eigenvalue weighted by molar-refractivity contribution is 7.99. The van der Waals surface area contributed by atoms with Crippen molar-refractivity contribution in [3.05, 3.63) is 46.7 Å². The molecule has 0 spiro atoms. The Morgan fingerprint density at radius 3 is 2.53 bits per heavy atom. The summed E-state index contributed by atoms with van der Waals surface area (Å²) in [6.45, 7) is 2.37. The molecule has 0 saturated heterocycles. The van der Waals surface area contributed by atoms with Crippen LogP contribution in [-0.2, 0) is 6.42 Å². The van der Waals surface area contributed by atoms with Crippen LogP contribution in [0.1, 0.15) is 50.6 Å². The topological polar surface area (TPSA) is 34.0 Å². The predicted octanol–water partition coefficient (Wildman–Crippen LogP) is 6.55. The van der Waals surface area contributed by atoms with Gasteiger partial charge in [-0.3, -0.25) is 4.57 Å². The van der Waals surface area contributed by atoms with Gasteiger partial charge in [-0.25, -0.2) is 0 Å². The minimum atomic E-state index is 0.442. The fraction of sp³-hybridized carbons (Fsp3) is 0.500. The highest BCUT2D eigenvalue weighted by Gasteiger charge is 2.27. The van der Waals surface area contributed by atoms with Crippen molar-refractivity contribution in [1.82, 2.24) is 14.8 Å². The summed E-state index contributed by atoms with van der Waals surface area (Å²) < 4.78 is 2.43. The van der Waals surface area contributed by atoms with E-state index in [1.807, 2.05) is 11.8 Å². The van der Waals surface area contributed by atoms with E-state index < -0.39 is 0 Å². The third kappa shape index (κ3) is 4.92. The van der Waals surface area contributed by atoms with Crippen LogP contribution in [0, 0.1) is 5.92 Å². The van der Waals surface area contributed by atoms with Gasteiger partial charge in [0.2, 0.25) is 0 Å². The molecule has 1 aliphatic carbocycles. The molecule has 0 unspecified atom stereocenters. The SMILES string of the molecule is C[C@H](C1CCCCC1)n1c(SCCc2ccc(N(C)C)cc2)nnc1-c1ccsc1. The Bertz CT molecular complexity index is 909. The maximum Gasteiger partial charge on any atom is 0.191 e. The van der Waals surface area contributed by atoms with Crippen LogP contribution < -0.4 is 4.90 Å². The second-order valence-electron chi connectivity index (χ2n) is 8.49. The van der Waals surface area contributed by atoms with Gasteiger partial charge in [-0.2, -0.15) is 11.3 Å². The van der Waals surface area contributed by atoms with Gasteiger partial charge in [-0.05, 0) is 61.2 Å². The van der Waals surface area contributed by atoms with Crippen LogP contribution >= 0.6 is 23.1 Å². The van der Waals surface area contributed by atoms with E-state index in [-0.39, 0.29) is 0 Å².